The molecular weight excluding hydrogens is 262 g/mol. The molecule has 1 N–H and O–H groups in total. The normalized spacial score (nSPS) is 12.6. The van der Waals surface area contributed by atoms with Gasteiger partial charge in [0.2, 0.25) is 0 Å². The zero-order valence-corrected chi connectivity index (χ0v) is 12.3. The molecule has 0 aliphatic carbocycles. The van der Waals surface area contributed by atoms with Crippen LogP contribution in [0.4, 0.5) is 0 Å². The molecule has 1 aromatic carbocycles. The van der Waals surface area contributed by atoms with E-state index in [4.69, 9.17) is 11.6 Å². The van der Waals surface area contributed by atoms with E-state index in [0.29, 0.717) is 6.04 Å². The predicted molar refractivity (Wildman–Crippen MR) is 80.6 cm³/mol. The molecule has 3 heteroatoms. The van der Waals surface area contributed by atoms with Gasteiger partial charge in [-0.3, -0.25) is 0 Å². The van der Waals surface area contributed by atoms with E-state index in [1.54, 1.807) is 11.3 Å². The standard InChI is InChI=1S/C15H18ClNS/c1-11-3-5-13(16)9-14(11)15(17-2)6-4-12-7-8-18-10-12/h3,5,7-10,15,17H,4,6H2,1-2H3. The van der Waals surface area contributed by atoms with E-state index in [-0.39, 0.29) is 0 Å². The smallest absolute Gasteiger partial charge is 0.0409 e. The van der Waals surface area contributed by atoms with E-state index >= 15 is 0 Å². The Hall–Kier alpha value is -0.830. The summed E-state index contributed by atoms with van der Waals surface area (Å²) in [6, 6.07) is 8.68. The summed E-state index contributed by atoms with van der Waals surface area (Å²) in [5.41, 5.74) is 4.02. The second kappa shape index (κ2) is 6.37. The Morgan fingerprint density at radius 2 is 2.17 bits per heavy atom. The van der Waals surface area contributed by atoms with Crippen molar-refractivity contribution in [1.29, 1.82) is 0 Å². The van der Waals surface area contributed by atoms with Crippen LogP contribution in [0, 0.1) is 6.92 Å². The van der Waals surface area contributed by atoms with Crippen LogP contribution >= 0.6 is 22.9 Å². The van der Waals surface area contributed by atoms with Crippen molar-refractivity contribution in [2.75, 3.05) is 7.05 Å². The lowest BCUT2D eigenvalue weighted by Gasteiger charge is -2.19. The Labute approximate surface area is 118 Å². The number of nitrogens with one attached hydrogen (secondary N) is 1. The van der Waals surface area contributed by atoms with E-state index in [1.165, 1.54) is 16.7 Å². The quantitative estimate of drug-likeness (QED) is 0.843. The molecule has 2 aromatic rings. The molecule has 0 saturated carbocycles. The van der Waals surface area contributed by atoms with Gasteiger partial charge in [0.1, 0.15) is 0 Å². The molecule has 0 radical (unpaired) electrons. The van der Waals surface area contributed by atoms with Gasteiger partial charge in [0, 0.05) is 11.1 Å². The lowest BCUT2D eigenvalue weighted by atomic mass is 9.96. The number of rotatable bonds is 5. The summed E-state index contributed by atoms with van der Waals surface area (Å²) >= 11 is 7.85. The van der Waals surface area contributed by atoms with Crippen molar-refractivity contribution in [2.45, 2.75) is 25.8 Å². The fraction of sp³-hybridized carbons (Fsp3) is 0.333. The van der Waals surface area contributed by atoms with Crippen molar-refractivity contribution in [3.63, 3.8) is 0 Å². The highest BCUT2D eigenvalue weighted by atomic mass is 35.5. The summed E-state index contributed by atoms with van der Waals surface area (Å²) in [5, 5.41) is 8.56. The lowest BCUT2D eigenvalue weighted by molar-refractivity contribution is 0.547. The summed E-state index contributed by atoms with van der Waals surface area (Å²) in [6.07, 6.45) is 2.19. The van der Waals surface area contributed by atoms with Gasteiger partial charge < -0.3 is 5.32 Å². The average molecular weight is 280 g/mol. The first-order valence-electron chi connectivity index (χ1n) is 6.15. The molecule has 18 heavy (non-hydrogen) atoms. The van der Waals surface area contributed by atoms with Crippen molar-refractivity contribution in [3.8, 4) is 0 Å². The first-order valence-corrected chi connectivity index (χ1v) is 7.47. The van der Waals surface area contributed by atoms with Gasteiger partial charge in [-0.1, -0.05) is 17.7 Å². The topological polar surface area (TPSA) is 12.0 Å². The summed E-state index contributed by atoms with van der Waals surface area (Å²) in [6.45, 7) is 2.14. The fourth-order valence-corrected chi connectivity index (χ4v) is 3.07. The number of thiophene rings is 1. The fourth-order valence-electron chi connectivity index (χ4n) is 2.19. The van der Waals surface area contributed by atoms with Gasteiger partial charge in [-0.2, -0.15) is 11.3 Å². The Kier molecular flexibility index (Phi) is 4.81. The number of aryl methyl sites for hydroxylation is 2. The lowest BCUT2D eigenvalue weighted by Crippen LogP contribution is -2.18. The van der Waals surface area contributed by atoms with Gasteiger partial charge in [-0.05, 0) is 72.5 Å². The van der Waals surface area contributed by atoms with E-state index in [2.05, 4.69) is 41.2 Å². The highest BCUT2D eigenvalue weighted by molar-refractivity contribution is 7.07. The van der Waals surface area contributed by atoms with E-state index in [9.17, 15) is 0 Å². The number of hydrogen-bond donors (Lipinski definition) is 1. The van der Waals surface area contributed by atoms with Crippen LogP contribution in [0.2, 0.25) is 5.02 Å². The third kappa shape index (κ3) is 3.35. The molecule has 1 nitrogen and oxygen atoms in total. The maximum absolute atomic E-state index is 6.09. The van der Waals surface area contributed by atoms with Gasteiger partial charge >= 0.3 is 0 Å². The number of halogens is 1. The van der Waals surface area contributed by atoms with Crippen LogP contribution in [0.15, 0.2) is 35.0 Å². The van der Waals surface area contributed by atoms with Crippen molar-refractivity contribution in [3.05, 3.63) is 56.7 Å². The Bertz CT molecular complexity index is 493. The SMILES string of the molecule is CNC(CCc1ccsc1)c1cc(Cl)ccc1C. The molecule has 0 fully saturated rings. The van der Waals surface area contributed by atoms with Gasteiger partial charge in [-0.15, -0.1) is 0 Å². The molecule has 1 unspecified atom stereocenters. The van der Waals surface area contributed by atoms with Crippen LogP contribution < -0.4 is 5.32 Å². The second-order valence-electron chi connectivity index (χ2n) is 4.51. The van der Waals surface area contributed by atoms with E-state index < -0.39 is 0 Å². The number of benzene rings is 1. The van der Waals surface area contributed by atoms with Crippen LogP contribution in [0.1, 0.15) is 29.2 Å². The molecule has 1 heterocycles. The van der Waals surface area contributed by atoms with E-state index in [0.717, 1.165) is 17.9 Å². The minimum absolute atomic E-state index is 0.364. The summed E-state index contributed by atoms with van der Waals surface area (Å²) < 4.78 is 0. The highest BCUT2D eigenvalue weighted by Crippen LogP contribution is 2.25. The zero-order valence-electron chi connectivity index (χ0n) is 10.7. The molecule has 0 spiro atoms. The average Bonchev–Trinajstić information content (AvgIpc) is 2.87. The highest BCUT2D eigenvalue weighted by Gasteiger charge is 2.12. The molecular formula is C15H18ClNS. The summed E-state index contributed by atoms with van der Waals surface area (Å²) in [7, 11) is 2.01. The Balaban J connectivity index is 2.10. The molecule has 0 bridgehead atoms. The van der Waals surface area contributed by atoms with Crippen molar-refractivity contribution < 1.29 is 0 Å². The first kappa shape index (κ1) is 13.6. The van der Waals surface area contributed by atoms with Crippen LogP contribution in [0.5, 0.6) is 0 Å². The molecule has 2 rings (SSSR count). The molecule has 0 aliphatic heterocycles. The Morgan fingerprint density at radius 3 is 2.83 bits per heavy atom. The molecule has 0 aliphatic rings. The summed E-state index contributed by atoms with van der Waals surface area (Å²) in [5.74, 6) is 0. The largest absolute Gasteiger partial charge is 0.313 e. The van der Waals surface area contributed by atoms with Gasteiger partial charge in [0.25, 0.3) is 0 Å². The Morgan fingerprint density at radius 1 is 1.33 bits per heavy atom. The van der Waals surface area contributed by atoms with Crippen LogP contribution in [0.3, 0.4) is 0 Å². The monoisotopic (exact) mass is 279 g/mol. The summed E-state index contributed by atoms with van der Waals surface area (Å²) in [4.78, 5) is 0. The minimum Gasteiger partial charge on any atom is -0.313 e. The zero-order chi connectivity index (χ0) is 13.0. The van der Waals surface area contributed by atoms with Crippen LogP contribution in [0.25, 0.3) is 0 Å². The molecule has 1 aromatic heterocycles. The number of hydrogen-bond acceptors (Lipinski definition) is 2. The van der Waals surface area contributed by atoms with Gasteiger partial charge in [0.15, 0.2) is 0 Å². The van der Waals surface area contributed by atoms with Gasteiger partial charge in [0.05, 0.1) is 0 Å². The molecule has 96 valence electrons. The first-order chi connectivity index (χ1) is 8.70. The second-order valence-corrected chi connectivity index (χ2v) is 5.73. The van der Waals surface area contributed by atoms with E-state index in [1.807, 2.05) is 13.1 Å². The predicted octanol–water partition coefficient (Wildman–Crippen LogP) is 4.60. The molecule has 0 amide bonds. The third-order valence-electron chi connectivity index (χ3n) is 3.27. The van der Waals surface area contributed by atoms with Crippen molar-refractivity contribution in [1.82, 2.24) is 5.32 Å². The maximum atomic E-state index is 6.09. The van der Waals surface area contributed by atoms with Crippen molar-refractivity contribution in [2.24, 2.45) is 0 Å². The maximum Gasteiger partial charge on any atom is 0.0409 e. The molecule has 0 saturated heterocycles. The third-order valence-corrected chi connectivity index (χ3v) is 4.23. The minimum atomic E-state index is 0.364. The molecule has 1 atom stereocenters. The van der Waals surface area contributed by atoms with Crippen LogP contribution in [-0.2, 0) is 6.42 Å². The van der Waals surface area contributed by atoms with Crippen molar-refractivity contribution >= 4 is 22.9 Å². The van der Waals surface area contributed by atoms with Crippen LogP contribution in [-0.4, -0.2) is 7.05 Å². The van der Waals surface area contributed by atoms with Gasteiger partial charge in [-0.25, -0.2) is 0 Å².